The molecule has 0 radical (unpaired) electrons. The van der Waals surface area contributed by atoms with Gasteiger partial charge in [0.15, 0.2) is 5.78 Å². The predicted molar refractivity (Wildman–Crippen MR) is 93.1 cm³/mol. The Morgan fingerprint density at radius 2 is 1.75 bits per heavy atom. The lowest BCUT2D eigenvalue weighted by Gasteiger charge is -2.28. The highest BCUT2D eigenvalue weighted by Gasteiger charge is 2.21. The maximum Gasteiger partial charge on any atom is 0.307 e. The van der Waals surface area contributed by atoms with Gasteiger partial charge in [0.25, 0.3) is 0 Å². The molecule has 1 amide bonds. The number of benzene rings is 1. The summed E-state index contributed by atoms with van der Waals surface area (Å²) in [4.78, 5) is 37.5. The number of amides is 1. The minimum Gasteiger partial charge on any atom is -0.469 e. The molecule has 1 atom stereocenters. The van der Waals surface area contributed by atoms with E-state index in [2.05, 4.69) is 4.74 Å². The molecule has 0 heterocycles. The van der Waals surface area contributed by atoms with Crippen LogP contribution in [0.3, 0.4) is 0 Å². The van der Waals surface area contributed by atoms with Crippen molar-refractivity contribution < 1.29 is 19.1 Å². The third-order valence-electron chi connectivity index (χ3n) is 3.96. The summed E-state index contributed by atoms with van der Waals surface area (Å²) in [5.74, 6) is -0.582. The molecule has 0 N–H and O–H groups in total. The molecule has 0 aliphatic heterocycles. The van der Waals surface area contributed by atoms with Crippen LogP contribution >= 0.6 is 11.6 Å². The van der Waals surface area contributed by atoms with Crippen LogP contribution in [0.15, 0.2) is 24.3 Å². The zero-order valence-electron chi connectivity index (χ0n) is 14.4. The number of nitrogens with zero attached hydrogens (tertiary/aromatic N) is 1. The van der Waals surface area contributed by atoms with Gasteiger partial charge in [-0.1, -0.05) is 18.5 Å². The summed E-state index contributed by atoms with van der Waals surface area (Å²) < 4.78 is 4.62. The number of carbonyl (C=O) groups excluding carboxylic acids is 3. The normalized spacial score (nSPS) is 11.7. The topological polar surface area (TPSA) is 63.7 Å². The van der Waals surface area contributed by atoms with Crippen molar-refractivity contribution in [3.63, 3.8) is 0 Å². The summed E-state index contributed by atoms with van der Waals surface area (Å²) in [6.45, 7) is 4.20. The van der Waals surface area contributed by atoms with E-state index in [0.717, 1.165) is 6.42 Å². The van der Waals surface area contributed by atoms with Crippen LogP contribution in [0.5, 0.6) is 0 Å². The number of rotatable bonds is 9. The van der Waals surface area contributed by atoms with E-state index in [1.807, 2.05) is 13.8 Å². The lowest BCUT2D eigenvalue weighted by atomic mass is 10.1. The quantitative estimate of drug-likeness (QED) is 0.503. The first-order chi connectivity index (χ1) is 11.4. The molecular weight excluding hydrogens is 330 g/mol. The van der Waals surface area contributed by atoms with Crippen LogP contribution in [0.4, 0.5) is 0 Å². The van der Waals surface area contributed by atoms with Gasteiger partial charge in [0.2, 0.25) is 5.91 Å². The third kappa shape index (κ3) is 6.32. The molecule has 24 heavy (non-hydrogen) atoms. The molecule has 1 aromatic carbocycles. The lowest BCUT2D eigenvalue weighted by molar-refractivity contribution is -0.142. The average molecular weight is 354 g/mol. The highest BCUT2D eigenvalue weighted by Crippen LogP contribution is 2.14. The van der Waals surface area contributed by atoms with Crippen LogP contribution in [0.1, 0.15) is 49.9 Å². The van der Waals surface area contributed by atoms with Crippen LogP contribution in [0.25, 0.3) is 0 Å². The van der Waals surface area contributed by atoms with E-state index in [1.54, 1.807) is 29.2 Å². The molecule has 0 saturated heterocycles. The van der Waals surface area contributed by atoms with Gasteiger partial charge in [-0.2, -0.15) is 0 Å². The molecule has 0 aliphatic carbocycles. The highest BCUT2D eigenvalue weighted by molar-refractivity contribution is 6.30. The average Bonchev–Trinajstić information content (AvgIpc) is 2.59. The largest absolute Gasteiger partial charge is 0.469 e. The second-order valence-corrected chi connectivity index (χ2v) is 6.04. The second-order valence-electron chi connectivity index (χ2n) is 5.60. The van der Waals surface area contributed by atoms with Crippen molar-refractivity contribution in [1.82, 2.24) is 4.90 Å². The number of methoxy groups -OCH3 is 1. The van der Waals surface area contributed by atoms with E-state index in [-0.39, 0.29) is 43.0 Å². The number of halogens is 1. The van der Waals surface area contributed by atoms with Gasteiger partial charge in [-0.15, -0.1) is 0 Å². The van der Waals surface area contributed by atoms with Gasteiger partial charge in [-0.05, 0) is 37.6 Å². The van der Waals surface area contributed by atoms with Gasteiger partial charge >= 0.3 is 5.97 Å². The molecule has 0 fully saturated rings. The fourth-order valence-corrected chi connectivity index (χ4v) is 2.40. The Bertz CT molecular complexity index is 571. The van der Waals surface area contributed by atoms with Crippen LogP contribution < -0.4 is 0 Å². The van der Waals surface area contributed by atoms with Gasteiger partial charge in [0.05, 0.1) is 13.5 Å². The number of hydrogen-bond donors (Lipinski definition) is 0. The van der Waals surface area contributed by atoms with Crippen LogP contribution in [-0.4, -0.2) is 42.3 Å². The molecule has 1 aromatic rings. The molecule has 6 heteroatoms. The summed E-state index contributed by atoms with van der Waals surface area (Å²) in [5, 5.41) is 0.563. The Hall–Kier alpha value is -1.88. The van der Waals surface area contributed by atoms with E-state index in [4.69, 9.17) is 11.6 Å². The Labute approximate surface area is 147 Å². The molecule has 1 rings (SSSR count). The Morgan fingerprint density at radius 1 is 1.12 bits per heavy atom. The fraction of sp³-hybridized carbons (Fsp3) is 0.500. The molecule has 0 saturated carbocycles. The van der Waals surface area contributed by atoms with Crippen molar-refractivity contribution >= 4 is 29.3 Å². The van der Waals surface area contributed by atoms with Gasteiger partial charge in [-0.3, -0.25) is 14.4 Å². The van der Waals surface area contributed by atoms with Gasteiger partial charge in [0.1, 0.15) is 0 Å². The van der Waals surface area contributed by atoms with Crippen molar-refractivity contribution in [1.29, 1.82) is 0 Å². The van der Waals surface area contributed by atoms with E-state index < -0.39 is 0 Å². The Kier molecular flexibility index (Phi) is 8.47. The van der Waals surface area contributed by atoms with Crippen molar-refractivity contribution in [3.8, 4) is 0 Å². The van der Waals surface area contributed by atoms with Crippen LogP contribution in [-0.2, 0) is 14.3 Å². The maximum atomic E-state index is 12.4. The molecule has 0 spiro atoms. The number of ether oxygens (including phenoxy) is 1. The Morgan fingerprint density at radius 3 is 2.29 bits per heavy atom. The van der Waals surface area contributed by atoms with E-state index in [0.29, 0.717) is 17.1 Å². The minimum absolute atomic E-state index is 0.00721. The number of hydrogen-bond acceptors (Lipinski definition) is 4. The Balaban J connectivity index is 2.61. The molecule has 1 unspecified atom stereocenters. The number of carbonyl (C=O) groups is 3. The van der Waals surface area contributed by atoms with Crippen LogP contribution in [0.2, 0.25) is 5.02 Å². The highest BCUT2D eigenvalue weighted by atomic mass is 35.5. The first-order valence-electron chi connectivity index (χ1n) is 8.04. The molecule has 0 aromatic heterocycles. The van der Waals surface area contributed by atoms with Crippen LogP contribution in [0, 0.1) is 0 Å². The first-order valence-corrected chi connectivity index (χ1v) is 8.41. The van der Waals surface area contributed by atoms with E-state index in [9.17, 15) is 14.4 Å². The monoisotopic (exact) mass is 353 g/mol. The molecule has 0 aliphatic rings. The number of Topliss-reactive ketones (excluding diaryl/α,β-unsaturated/α-hetero) is 1. The molecule has 5 nitrogen and oxygen atoms in total. The summed E-state index contributed by atoms with van der Waals surface area (Å²) in [6, 6.07) is 6.61. The summed E-state index contributed by atoms with van der Waals surface area (Å²) in [7, 11) is 1.32. The van der Waals surface area contributed by atoms with Gasteiger partial charge in [0, 0.05) is 36.0 Å². The summed E-state index contributed by atoms with van der Waals surface area (Å²) in [6.07, 6.45) is 1.17. The van der Waals surface area contributed by atoms with Crippen molar-refractivity contribution in [2.45, 2.75) is 45.6 Å². The SMILES string of the molecule is CCC(C)N(CCC(=O)OC)C(=O)CCC(=O)c1ccc(Cl)cc1. The minimum atomic E-state index is -0.353. The predicted octanol–water partition coefficient (Wildman–Crippen LogP) is 3.49. The summed E-state index contributed by atoms with van der Waals surface area (Å²) in [5.41, 5.74) is 0.539. The van der Waals surface area contributed by atoms with E-state index >= 15 is 0 Å². The smallest absolute Gasteiger partial charge is 0.307 e. The maximum absolute atomic E-state index is 12.4. The molecular formula is C18H24ClNO4. The van der Waals surface area contributed by atoms with Crippen molar-refractivity contribution in [2.75, 3.05) is 13.7 Å². The number of esters is 1. The fourth-order valence-electron chi connectivity index (χ4n) is 2.27. The lowest BCUT2D eigenvalue weighted by Crippen LogP contribution is -2.40. The molecule has 132 valence electrons. The second kappa shape index (κ2) is 10.1. The van der Waals surface area contributed by atoms with Crippen molar-refractivity contribution in [2.24, 2.45) is 0 Å². The van der Waals surface area contributed by atoms with E-state index in [1.165, 1.54) is 7.11 Å². The first kappa shape index (κ1) is 20.2. The zero-order valence-corrected chi connectivity index (χ0v) is 15.1. The summed E-state index contributed by atoms with van der Waals surface area (Å²) >= 11 is 5.80. The standard InChI is InChI=1S/C18H24ClNO4/c1-4-13(2)20(12-11-18(23)24-3)17(22)10-9-16(21)14-5-7-15(19)8-6-14/h5-8,13H,4,9-12H2,1-3H3. The van der Waals surface area contributed by atoms with Crippen molar-refractivity contribution in [3.05, 3.63) is 34.9 Å². The third-order valence-corrected chi connectivity index (χ3v) is 4.21. The van der Waals surface area contributed by atoms with Gasteiger partial charge in [-0.25, -0.2) is 0 Å². The number of ketones is 1. The van der Waals surface area contributed by atoms with Gasteiger partial charge < -0.3 is 9.64 Å². The molecule has 0 bridgehead atoms. The zero-order chi connectivity index (χ0) is 18.1.